The number of nitrogens with zero attached hydrogens (tertiary/aromatic N) is 4. The molecule has 0 radical (unpaired) electrons. The van der Waals surface area contributed by atoms with Gasteiger partial charge in [-0.25, -0.2) is 9.37 Å². The number of hydrogen-bond donors (Lipinski definition) is 1. The summed E-state index contributed by atoms with van der Waals surface area (Å²) >= 11 is 0. The lowest BCUT2D eigenvalue weighted by atomic mass is 9.80. The smallest absolute Gasteiger partial charge is 0.270 e. The highest BCUT2D eigenvalue weighted by molar-refractivity contribution is 5.92. The lowest BCUT2D eigenvalue weighted by Gasteiger charge is -2.26. The van der Waals surface area contributed by atoms with E-state index in [4.69, 9.17) is 4.52 Å². The average Bonchev–Trinajstić information content (AvgIpc) is 3.34. The highest BCUT2D eigenvalue weighted by Crippen LogP contribution is 2.50. The van der Waals surface area contributed by atoms with Crippen molar-refractivity contribution in [3.63, 3.8) is 0 Å². The van der Waals surface area contributed by atoms with Crippen LogP contribution < -0.4 is 5.32 Å². The molecule has 9 heteroatoms. The molecule has 1 saturated carbocycles. The van der Waals surface area contributed by atoms with Gasteiger partial charge in [-0.1, -0.05) is 19.0 Å². The number of rotatable bonds is 4. The van der Waals surface area contributed by atoms with Crippen LogP contribution in [0.2, 0.25) is 0 Å². The fourth-order valence-corrected chi connectivity index (χ4v) is 4.61. The third-order valence-corrected chi connectivity index (χ3v) is 5.93. The molecule has 3 atom stereocenters. The van der Waals surface area contributed by atoms with Gasteiger partial charge in [-0.2, -0.15) is 4.98 Å². The molecule has 1 aliphatic carbocycles. The van der Waals surface area contributed by atoms with Crippen LogP contribution in [0.25, 0.3) is 0 Å². The molecule has 2 aliphatic rings. The Morgan fingerprint density at radius 2 is 2.17 bits per heavy atom. The van der Waals surface area contributed by atoms with Gasteiger partial charge in [0, 0.05) is 25.0 Å². The second-order valence-electron chi connectivity index (χ2n) is 8.35. The van der Waals surface area contributed by atoms with Crippen molar-refractivity contribution in [2.24, 2.45) is 11.8 Å². The molecule has 2 aromatic rings. The standard InChI is InChI=1S/C20H24FN5O3/c1-11(2)18(28)26-9-13-6-15(24-17(27)16-5-4-14(21)8-22-16)7-20(13,10-26)19-23-12(3)25-29-19/h4-5,8,11,13,15H,6-7,9-10H2,1-3H3,(H,24,27)/t13?,15-,20+/m1/s1. The van der Waals surface area contributed by atoms with Gasteiger partial charge in [0.2, 0.25) is 11.8 Å². The van der Waals surface area contributed by atoms with Crippen LogP contribution in [-0.2, 0) is 10.2 Å². The molecule has 2 amide bonds. The zero-order valence-electron chi connectivity index (χ0n) is 16.7. The van der Waals surface area contributed by atoms with Crippen LogP contribution in [0.15, 0.2) is 22.9 Å². The minimum absolute atomic E-state index is 0.0876. The van der Waals surface area contributed by atoms with Gasteiger partial charge < -0.3 is 14.7 Å². The van der Waals surface area contributed by atoms with Crippen molar-refractivity contribution >= 4 is 11.8 Å². The summed E-state index contributed by atoms with van der Waals surface area (Å²) < 4.78 is 18.6. The number of halogens is 1. The summed E-state index contributed by atoms with van der Waals surface area (Å²) in [7, 11) is 0. The summed E-state index contributed by atoms with van der Waals surface area (Å²) in [6, 6.07) is 2.45. The predicted octanol–water partition coefficient (Wildman–Crippen LogP) is 1.86. The van der Waals surface area contributed by atoms with Crippen LogP contribution in [0.4, 0.5) is 4.39 Å². The molecule has 1 saturated heterocycles. The number of carbonyl (C=O) groups excluding carboxylic acids is 2. The van der Waals surface area contributed by atoms with E-state index >= 15 is 0 Å². The van der Waals surface area contributed by atoms with Gasteiger partial charge in [0.1, 0.15) is 11.5 Å². The molecular formula is C20H24FN5O3. The van der Waals surface area contributed by atoms with Crippen LogP contribution in [0.3, 0.4) is 0 Å². The minimum atomic E-state index is -0.488. The van der Waals surface area contributed by atoms with E-state index in [9.17, 15) is 14.0 Å². The van der Waals surface area contributed by atoms with E-state index in [-0.39, 0.29) is 35.4 Å². The Morgan fingerprint density at radius 3 is 2.79 bits per heavy atom. The fraction of sp³-hybridized carbons (Fsp3) is 0.550. The third-order valence-electron chi connectivity index (χ3n) is 5.93. The van der Waals surface area contributed by atoms with Crippen LogP contribution in [-0.4, -0.2) is 51.0 Å². The molecule has 4 rings (SSSR count). The van der Waals surface area contributed by atoms with Gasteiger partial charge in [0.15, 0.2) is 5.82 Å². The summed E-state index contributed by atoms with van der Waals surface area (Å²) in [5, 5.41) is 6.94. The molecule has 2 aromatic heterocycles. The summed E-state index contributed by atoms with van der Waals surface area (Å²) in [6.45, 7) is 6.63. The number of pyridine rings is 1. The van der Waals surface area contributed by atoms with Crippen molar-refractivity contribution in [2.45, 2.75) is 45.1 Å². The van der Waals surface area contributed by atoms with Gasteiger partial charge >= 0.3 is 0 Å². The maximum absolute atomic E-state index is 13.1. The zero-order valence-corrected chi connectivity index (χ0v) is 16.7. The molecule has 0 bridgehead atoms. The average molecular weight is 401 g/mol. The van der Waals surface area contributed by atoms with E-state index < -0.39 is 11.2 Å². The first kappa shape index (κ1) is 19.5. The van der Waals surface area contributed by atoms with Gasteiger partial charge in [0.25, 0.3) is 5.91 Å². The maximum atomic E-state index is 13.1. The minimum Gasteiger partial charge on any atom is -0.348 e. The first-order valence-corrected chi connectivity index (χ1v) is 9.80. The van der Waals surface area contributed by atoms with Crippen molar-refractivity contribution in [1.82, 2.24) is 25.3 Å². The van der Waals surface area contributed by atoms with Crippen LogP contribution in [0.5, 0.6) is 0 Å². The van der Waals surface area contributed by atoms with E-state index in [0.717, 1.165) is 6.20 Å². The van der Waals surface area contributed by atoms with Gasteiger partial charge in [-0.15, -0.1) is 0 Å². The number of aryl methyl sites for hydroxylation is 1. The number of nitrogens with one attached hydrogen (secondary N) is 1. The number of likely N-dealkylation sites (tertiary alicyclic amines) is 1. The van der Waals surface area contributed by atoms with E-state index in [1.165, 1.54) is 12.1 Å². The van der Waals surface area contributed by atoms with Crippen molar-refractivity contribution in [3.8, 4) is 0 Å². The Labute approximate surface area is 167 Å². The van der Waals surface area contributed by atoms with Crippen molar-refractivity contribution in [1.29, 1.82) is 0 Å². The molecule has 154 valence electrons. The predicted molar refractivity (Wildman–Crippen MR) is 100 cm³/mol. The third kappa shape index (κ3) is 3.49. The number of aromatic nitrogens is 3. The number of fused-ring (bicyclic) bond motifs is 1. The van der Waals surface area contributed by atoms with Crippen LogP contribution in [0, 0.1) is 24.6 Å². The second kappa shape index (κ2) is 7.20. The van der Waals surface area contributed by atoms with Crippen molar-refractivity contribution in [2.75, 3.05) is 13.1 Å². The lowest BCUT2D eigenvalue weighted by Crippen LogP contribution is -2.40. The van der Waals surface area contributed by atoms with E-state index in [1.54, 1.807) is 6.92 Å². The SMILES string of the molecule is Cc1noc([C@]23C[C@H](NC(=O)c4ccc(F)cn4)CC2CN(C(=O)C(C)C)C3)n1. The fourth-order valence-electron chi connectivity index (χ4n) is 4.61. The molecule has 0 spiro atoms. The zero-order chi connectivity index (χ0) is 20.8. The van der Waals surface area contributed by atoms with Crippen LogP contribution in [0.1, 0.15) is 48.9 Å². The highest BCUT2D eigenvalue weighted by atomic mass is 19.1. The maximum Gasteiger partial charge on any atom is 0.270 e. The lowest BCUT2D eigenvalue weighted by molar-refractivity contribution is -0.133. The Balaban J connectivity index is 1.55. The van der Waals surface area contributed by atoms with Crippen molar-refractivity contribution in [3.05, 3.63) is 41.6 Å². The number of amides is 2. The second-order valence-corrected chi connectivity index (χ2v) is 8.35. The van der Waals surface area contributed by atoms with Gasteiger partial charge in [0.05, 0.1) is 11.6 Å². The summed E-state index contributed by atoms with van der Waals surface area (Å²) in [5.74, 6) is 0.359. The van der Waals surface area contributed by atoms with E-state index in [0.29, 0.717) is 37.6 Å². The molecule has 2 fully saturated rings. The molecule has 1 aliphatic heterocycles. The monoisotopic (exact) mass is 401 g/mol. The van der Waals surface area contributed by atoms with E-state index in [1.807, 2.05) is 18.7 Å². The summed E-state index contributed by atoms with van der Waals surface area (Å²) in [6.07, 6.45) is 2.31. The summed E-state index contributed by atoms with van der Waals surface area (Å²) in [5.41, 5.74) is -0.303. The molecule has 3 heterocycles. The quantitative estimate of drug-likeness (QED) is 0.839. The first-order chi connectivity index (χ1) is 13.8. The van der Waals surface area contributed by atoms with Gasteiger partial charge in [-0.05, 0) is 37.8 Å². The van der Waals surface area contributed by atoms with E-state index in [2.05, 4.69) is 20.4 Å². The van der Waals surface area contributed by atoms with Crippen molar-refractivity contribution < 1.29 is 18.5 Å². The number of hydrogen-bond acceptors (Lipinski definition) is 6. The topological polar surface area (TPSA) is 101 Å². The Hall–Kier alpha value is -2.84. The molecule has 29 heavy (non-hydrogen) atoms. The first-order valence-electron chi connectivity index (χ1n) is 9.80. The molecule has 1 N–H and O–H groups in total. The Morgan fingerprint density at radius 1 is 1.38 bits per heavy atom. The molecule has 1 unspecified atom stereocenters. The van der Waals surface area contributed by atoms with Gasteiger partial charge in [-0.3, -0.25) is 9.59 Å². The van der Waals surface area contributed by atoms with Crippen LogP contribution >= 0.6 is 0 Å². The normalized spacial score (nSPS) is 26.0. The molecule has 0 aromatic carbocycles. The largest absolute Gasteiger partial charge is 0.348 e. The Bertz CT molecular complexity index is 928. The molecule has 8 nitrogen and oxygen atoms in total. The summed E-state index contributed by atoms with van der Waals surface area (Å²) in [4.78, 5) is 35.3. The highest BCUT2D eigenvalue weighted by Gasteiger charge is 2.58. The molecular weight excluding hydrogens is 377 g/mol. The Kier molecular flexibility index (Phi) is 4.84. The number of carbonyl (C=O) groups is 2.